The Labute approximate surface area is 197 Å². The van der Waals surface area contributed by atoms with Gasteiger partial charge in [-0.1, -0.05) is 31.0 Å². The number of nitrogens with one attached hydrogen (secondary N) is 1. The van der Waals surface area contributed by atoms with Crippen molar-refractivity contribution < 1.29 is 14.3 Å². The van der Waals surface area contributed by atoms with Crippen molar-refractivity contribution in [2.75, 3.05) is 7.11 Å². The SMILES string of the molecule is COc1cccc(CN2C(=O)c3cc(-c4cccs4)nn3C[C@@]2(C)C(=O)NC2CCCC2)c1. The molecule has 5 rings (SSSR count). The molecule has 2 aromatic heterocycles. The third-order valence-electron chi connectivity index (χ3n) is 6.73. The zero-order valence-electron chi connectivity index (χ0n) is 18.9. The van der Waals surface area contributed by atoms with E-state index in [0.717, 1.165) is 47.6 Å². The molecule has 0 saturated heterocycles. The van der Waals surface area contributed by atoms with Crippen molar-refractivity contribution in [2.45, 2.75) is 57.3 Å². The summed E-state index contributed by atoms with van der Waals surface area (Å²) in [6.07, 6.45) is 4.23. The summed E-state index contributed by atoms with van der Waals surface area (Å²) >= 11 is 1.58. The van der Waals surface area contributed by atoms with E-state index in [0.29, 0.717) is 18.8 Å². The van der Waals surface area contributed by atoms with Gasteiger partial charge in [0.05, 0.1) is 18.5 Å². The van der Waals surface area contributed by atoms with Crippen LogP contribution >= 0.6 is 11.3 Å². The second-order valence-electron chi connectivity index (χ2n) is 9.02. The number of thiophene rings is 1. The Hall–Kier alpha value is -3.13. The highest BCUT2D eigenvalue weighted by Gasteiger charge is 2.48. The van der Waals surface area contributed by atoms with Gasteiger partial charge in [-0.2, -0.15) is 5.10 Å². The van der Waals surface area contributed by atoms with E-state index in [1.54, 1.807) is 28.0 Å². The summed E-state index contributed by atoms with van der Waals surface area (Å²) in [7, 11) is 1.62. The first-order chi connectivity index (χ1) is 16.0. The highest BCUT2D eigenvalue weighted by atomic mass is 32.1. The highest BCUT2D eigenvalue weighted by molar-refractivity contribution is 7.13. The highest BCUT2D eigenvalue weighted by Crippen LogP contribution is 2.33. The lowest BCUT2D eigenvalue weighted by atomic mass is 9.93. The van der Waals surface area contributed by atoms with Crippen LogP contribution in [0.4, 0.5) is 0 Å². The third-order valence-corrected chi connectivity index (χ3v) is 7.62. The number of carbonyl (C=O) groups is 2. The van der Waals surface area contributed by atoms with Crippen LogP contribution in [0, 0.1) is 0 Å². The number of carbonyl (C=O) groups excluding carboxylic acids is 2. The normalized spacial score (nSPS) is 20.7. The molecule has 2 amide bonds. The van der Waals surface area contributed by atoms with Crippen molar-refractivity contribution in [3.63, 3.8) is 0 Å². The van der Waals surface area contributed by atoms with Gasteiger partial charge in [0, 0.05) is 12.6 Å². The van der Waals surface area contributed by atoms with Crippen molar-refractivity contribution in [3.8, 4) is 16.3 Å². The fraction of sp³-hybridized carbons (Fsp3) is 0.400. The maximum absolute atomic E-state index is 13.8. The molecular formula is C25H28N4O3S. The summed E-state index contributed by atoms with van der Waals surface area (Å²) in [5, 5.41) is 9.91. The summed E-state index contributed by atoms with van der Waals surface area (Å²) in [6, 6.07) is 13.6. The largest absolute Gasteiger partial charge is 0.497 e. The number of rotatable bonds is 6. The van der Waals surface area contributed by atoms with Gasteiger partial charge in [0.1, 0.15) is 22.7 Å². The van der Waals surface area contributed by atoms with Crippen molar-refractivity contribution in [2.24, 2.45) is 0 Å². The van der Waals surface area contributed by atoms with Crippen LogP contribution < -0.4 is 10.1 Å². The molecule has 1 fully saturated rings. The number of amides is 2. The number of benzene rings is 1. The molecule has 0 radical (unpaired) electrons. The second kappa shape index (κ2) is 8.67. The monoisotopic (exact) mass is 464 g/mol. The van der Waals surface area contributed by atoms with Crippen LogP contribution in [-0.2, 0) is 17.9 Å². The molecule has 172 valence electrons. The van der Waals surface area contributed by atoms with Gasteiger partial charge in [-0.15, -0.1) is 11.3 Å². The topological polar surface area (TPSA) is 76.5 Å². The lowest BCUT2D eigenvalue weighted by Gasteiger charge is -2.43. The first kappa shape index (κ1) is 21.7. The number of hydrogen-bond donors (Lipinski definition) is 1. The fourth-order valence-corrected chi connectivity index (χ4v) is 5.48. The van der Waals surface area contributed by atoms with Gasteiger partial charge in [0.25, 0.3) is 5.91 Å². The zero-order chi connectivity index (χ0) is 23.0. The Morgan fingerprint density at radius 1 is 1.24 bits per heavy atom. The number of nitrogens with zero attached hydrogens (tertiary/aromatic N) is 3. The van der Waals surface area contributed by atoms with Crippen molar-refractivity contribution in [1.29, 1.82) is 0 Å². The Bertz CT molecular complexity index is 1170. The summed E-state index contributed by atoms with van der Waals surface area (Å²) in [4.78, 5) is 30.1. The molecule has 0 unspecified atom stereocenters. The van der Waals surface area contributed by atoms with E-state index < -0.39 is 5.54 Å². The molecule has 1 aliphatic heterocycles. The van der Waals surface area contributed by atoms with Gasteiger partial charge in [-0.25, -0.2) is 0 Å². The van der Waals surface area contributed by atoms with Crippen LogP contribution in [0.5, 0.6) is 5.75 Å². The predicted octanol–water partition coefficient (Wildman–Crippen LogP) is 4.09. The van der Waals surface area contributed by atoms with Crippen molar-refractivity contribution >= 4 is 23.2 Å². The Morgan fingerprint density at radius 2 is 2.06 bits per heavy atom. The fourth-order valence-electron chi connectivity index (χ4n) is 4.80. The zero-order valence-corrected chi connectivity index (χ0v) is 19.7. The Morgan fingerprint density at radius 3 is 2.79 bits per heavy atom. The molecule has 1 saturated carbocycles. The summed E-state index contributed by atoms with van der Waals surface area (Å²) in [5.41, 5.74) is 1.12. The molecule has 1 atom stereocenters. The number of fused-ring (bicyclic) bond motifs is 1. The van der Waals surface area contributed by atoms with Crippen molar-refractivity contribution in [1.82, 2.24) is 20.0 Å². The molecule has 33 heavy (non-hydrogen) atoms. The molecule has 3 aromatic rings. The lowest BCUT2D eigenvalue weighted by molar-refractivity contribution is -0.134. The minimum Gasteiger partial charge on any atom is -0.497 e. The van der Waals surface area contributed by atoms with Gasteiger partial charge in [-0.05, 0) is 55.0 Å². The summed E-state index contributed by atoms with van der Waals surface area (Å²) in [5.74, 6) is 0.409. The van der Waals surface area contributed by atoms with Crippen LogP contribution in [0.15, 0.2) is 47.8 Å². The molecule has 1 N–H and O–H groups in total. The maximum Gasteiger partial charge on any atom is 0.273 e. The third kappa shape index (κ3) is 4.04. The van der Waals surface area contributed by atoms with Crippen LogP contribution in [0.2, 0.25) is 0 Å². The number of methoxy groups -OCH3 is 1. The molecule has 3 heterocycles. The van der Waals surface area contributed by atoms with E-state index in [9.17, 15) is 9.59 Å². The second-order valence-corrected chi connectivity index (χ2v) is 9.97. The first-order valence-electron chi connectivity index (χ1n) is 11.4. The van der Waals surface area contributed by atoms with E-state index in [1.807, 2.05) is 54.8 Å². The molecule has 2 aliphatic rings. The van der Waals surface area contributed by atoms with E-state index >= 15 is 0 Å². The number of hydrogen-bond acceptors (Lipinski definition) is 5. The van der Waals surface area contributed by atoms with Gasteiger partial charge < -0.3 is 15.0 Å². The Balaban J connectivity index is 1.52. The molecule has 1 aromatic carbocycles. The molecule has 7 nitrogen and oxygen atoms in total. The van der Waals surface area contributed by atoms with Gasteiger partial charge >= 0.3 is 0 Å². The summed E-state index contributed by atoms with van der Waals surface area (Å²) < 4.78 is 7.07. The minimum atomic E-state index is -1.06. The van der Waals surface area contributed by atoms with E-state index in [1.165, 1.54) is 0 Å². The van der Waals surface area contributed by atoms with Gasteiger partial charge in [0.2, 0.25) is 5.91 Å². The van der Waals surface area contributed by atoms with Crippen LogP contribution in [-0.4, -0.2) is 45.2 Å². The molecular weight excluding hydrogens is 436 g/mol. The molecule has 8 heteroatoms. The standard InChI is InChI=1S/C25H28N4O3S/c1-25(24(31)26-18-8-3-4-9-18)16-29-21(14-20(27-29)22-11-6-12-33-22)23(30)28(25)15-17-7-5-10-19(13-17)32-2/h5-7,10-14,18H,3-4,8-9,15-16H2,1-2H3,(H,26,31)/t25-/m0/s1. The van der Waals surface area contributed by atoms with Crippen LogP contribution in [0.1, 0.15) is 48.7 Å². The van der Waals surface area contributed by atoms with Crippen molar-refractivity contribution in [3.05, 3.63) is 59.1 Å². The van der Waals surface area contributed by atoms with Crippen LogP contribution in [0.3, 0.4) is 0 Å². The molecule has 0 bridgehead atoms. The average molecular weight is 465 g/mol. The van der Waals surface area contributed by atoms with Gasteiger partial charge in [0.15, 0.2) is 0 Å². The lowest BCUT2D eigenvalue weighted by Crippen LogP contribution is -2.64. The number of ether oxygens (including phenoxy) is 1. The van der Waals surface area contributed by atoms with Gasteiger partial charge in [-0.3, -0.25) is 14.3 Å². The Kier molecular flexibility index (Phi) is 5.70. The molecule has 0 spiro atoms. The van der Waals surface area contributed by atoms with Crippen LogP contribution in [0.25, 0.3) is 10.6 Å². The quantitative estimate of drug-likeness (QED) is 0.596. The smallest absolute Gasteiger partial charge is 0.273 e. The first-order valence-corrected chi connectivity index (χ1v) is 12.2. The average Bonchev–Trinajstić information content (AvgIpc) is 3.58. The predicted molar refractivity (Wildman–Crippen MR) is 127 cm³/mol. The maximum atomic E-state index is 13.8. The van der Waals surface area contributed by atoms with E-state index in [4.69, 9.17) is 9.84 Å². The van der Waals surface area contributed by atoms with E-state index in [2.05, 4.69) is 5.32 Å². The minimum absolute atomic E-state index is 0.121. The molecule has 1 aliphatic carbocycles. The van der Waals surface area contributed by atoms with E-state index in [-0.39, 0.29) is 17.9 Å². The number of aromatic nitrogens is 2. The summed E-state index contributed by atoms with van der Waals surface area (Å²) in [6.45, 7) is 2.47.